The lowest BCUT2D eigenvalue weighted by molar-refractivity contribution is 0.0825. The van der Waals surface area contributed by atoms with Crippen molar-refractivity contribution in [3.8, 4) is 11.5 Å². The number of primary amides is 1. The second kappa shape index (κ2) is 6.70. The largest absolute Gasteiger partial charge is 0.497 e. The number of aromatic nitrogens is 1. The molecule has 6 heteroatoms. The lowest BCUT2D eigenvalue weighted by atomic mass is 10.2. The average Bonchev–Trinajstić information content (AvgIpc) is 2.77. The van der Waals surface area contributed by atoms with Crippen LogP contribution in [-0.4, -0.2) is 30.3 Å². The van der Waals surface area contributed by atoms with Gasteiger partial charge in [-0.15, -0.1) is 0 Å². The smallest absolute Gasteiger partial charge is 0.269 e. The summed E-state index contributed by atoms with van der Waals surface area (Å²) in [6.45, 7) is 6.46. The number of nitrogens with two attached hydrogens (primary N) is 1. The van der Waals surface area contributed by atoms with Crippen molar-refractivity contribution in [1.29, 1.82) is 0 Å². The molecule has 0 atom stereocenters. The Bertz CT molecular complexity index is 676. The quantitative estimate of drug-likeness (QED) is 0.853. The van der Waals surface area contributed by atoms with Gasteiger partial charge in [0.15, 0.2) is 11.4 Å². The first-order chi connectivity index (χ1) is 10.5. The predicted molar refractivity (Wildman–Crippen MR) is 84.4 cm³/mol. The molecule has 0 saturated heterocycles. The monoisotopic (exact) mass is 306 g/mol. The molecule has 0 saturated carbocycles. The number of rotatable bonds is 7. The first-order valence-electron chi connectivity index (χ1n) is 7.24. The molecule has 120 valence electrons. The molecule has 2 aromatic rings. The van der Waals surface area contributed by atoms with Gasteiger partial charge in [-0.25, -0.2) is 0 Å². The molecule has 1 aromatic heterocycles. The van der Waals surface area contributed by atoms with E-state index in [1.54, 1.807) is 11.7 Å². The third-order valence-electron chi connectivity index (χ3n) is 3.24. The number of fused-ring (bicyclic) bond motifs is 1. The Morgan fingerprint density at radius 3 is 2.64 bits per heavy atom. The number of ether oxygens (including phenoxy) is 3. The summed E-state index contributed by atoms with van der Waals surface area (Å²) in [6, 6.07) is 5.53. The Labute approximate surface area is 129 Å². The Hall–Kier alpha value is -2.21. The van der Waals surface area contributed by atoms with E-state index in [-0.39, 0.29) is 12.8 Å². The molecule has 22 heavy (non-hydrogen) atoms. The maximum atomic E-state index is 11.9. The van der Waals surface area contributed by atoms with E-state index in [0.717, 1.165) is 10.9 Å². The maximum absolute atomic E-state index is 11.9. The first kappa shape index (κ1) is 16.2. The molecule has 2 rings (SSSR count). The molecule has 2 N–H and O–H groups in total. The highest BCUT2D eigenvalue weighted by molar-refractivity contribution is 6.03. The number of hydrogen-bond acceptors (Lipinski definition) is 4. The zero-order chi connectivity index (χ0) is 16.3. The molecule has 0 bridgehead atoms. The molecule has 0 unspecified atom stereocenters. The second-order valence-corrected chi connectivity index (χ2v) is 5.14. The van der Waals surface area contributed by atoms with Gasteiger partial charge >= 0.3 is 0 Å². The molecule has 1 heterocycles. The van der Waals surface area contributed by atoms with Crippen molar-refractivity contribution in [3.05, 3.63) is 23.9 Å². The van der Waals surface area contributed by atoms with Gasteiger partial charge in [-0.3, -0.25) is 4.79 Å². The minimum Gasteiger partial charge on any atom is -0.497 e. The van der Waals surface area contributed by atoms with E-state index in [1.807, 2.05) is 39.0 Å². The van der Waals surface area contributed by atoms with Gasteiger partial charge in [0.2, 0.25) is 0 Å². The topological polar surface area (TPSA) is 75.7 Å². The molecule has 0 aliphatic carbocycles. The number of benzene rings is 1. The summed E-state index contributed by atoms with van der Waals surface area (Å²) in [4.78, 5) is 11.9. The summed E-state index contributed by atoms with van der Waals surface area (Å²) >= 11 is 0. The van der Waals surface area contributed by atoms with E-state index < -0.39 is 5.91 Å². The number of carbonyl (C=O) groups excluding carboxylic acids is 1. The van der Waals surface area contributed by atoms with Crippen LogP contribution in [0.2, 0.25) is 0 Å². The molecular weight excluding hydrogens is 284 g/mol. The van der Waals surface area contributed by atoms with E-state index in [0.29, 0.717) is 23.8 Å². The molecular formula is C16H22N2O4. The van der Waals surface area contributed by atoms with Crippen molar-refractivity contribution in [1.82, 2.24) is 4.57 Å². The number of nitrogens with zero attached hydrogens (tertiary/aromatic N) is 1. The summed E-state index contributed by atoms with van der Waals surface area (Å²) in [5, 5.41) is 0.779. The van der Waals surface area contributed by atoms with Gasteiger partial charge in [0, 0.05) is 12.0 Å². The van der Waals surface area contributed by atoms with Gasteiger partial charge in [-0.05, 0) is 39.0 Å². The van der Waals surface area contributed by atoms with Gasteiger partial charge in [-0.1, -0.05) is 0 Å². The van der Waals surface area contributed by atoms with Crippen LogP contribution in [0, 0.1) is 0 Å². The number of methoxy groups -OCH3 is 1. The fraction of sp³-hybridized carbons (Fsp3) is 0.438. The maximum Gasteiger partial charge on any atom is 0.269 e. The lowest BCUT2D eigenvalue weighted by Gasteiger charge is -2.12. The summed E-state index contributed by atoms with van der Waals surface area (Å²) < 4.78 is 18.3. The van der Waals surface area contributed by atoms with Gasteiger partial charge in [0.25, 0.3) is 5.91 Å². The second-order valence-electron chi connectivity index (χ2n) is 5.14. The van der Waals surface area contributed by atoms with Crippen LogP contribution in [0.3, 0.4) is 0 Å². The molecule has 1 amide bonds. The van der Waals surface area contributed by atoms with E-state index in [4.69, 9.17) is 19.9 Å². The van der Waals surface area contributed by atoms with E-state index in [1.165, 1.54) is 0 Å². The van der Waals surface area contributed by atoms with Crippen LogP contribution in [0.25, 0.3) is 10.9 Å². The van der Waals surface area contributed by atoms with Crippen molar-refractivity contribution in [2.24, 2.45) is 5.73 Å². The van der Waals surface area contributed by atoms with Gasteiger partial charge < -0.3 is 24.5 Å². The van der Waals surface area contributed by atoms with Gasteiger partial charge in [-0.2, -0.15) is 0 Å². The van der Waals surface area contributed by atoms with Crippen molar-refractivity contribution in [2.75, 3.05) is 13.7 Å². The van der Waals surface area contributed by atoms with Crippen molar-refractivity contribution >= 4 is 16.8 Å². The molecule has 6 nitrogen and oxygen atoms in total. The van der Waals surface area contributed by atoms with Crippen LogP contribution in [0.1, 0.15) is 31.3 Å². The predicted octanol–water partition coefficient (Wildman–Crippen LogP) is 2.53. The Balaban J connectivity index is 2.73. The minimum absolute atomic E-state index is 0.0876. The minimum atomic E-state index is -0.550. The third-order valence-corrected chi connectivity index (χ3v) is 3.24. The first-order valence-corrected chi connectivity index (χ1v) is 7.24. The van der Waals surface area contributed by atoms with Crippen LogP contribution >= 0.6 is 0 Å². The third kappa shape index (κ3) is 3.01. The van der Waals surface area contributed by atoms with E-state index >= 15 is 0 Å². The van der Waals surface area contributed by atoms with Crippen molar-refractivity contribution in [2.45, 2.75) is 33.6 Å². The highest BCUT2D eigenvalue weighted by Crippen LogP contribution is 2.36. The van der Waals surface area contributed by atoms with Gasteiger partial charge in [0.1, 0.15) is 12.5 Å². The molecule has 0 fully saturated rings. The highest BCUT2D eigenvalue weighted by Gasteiger charge is 2.23. The van der Waals surface area contributed by atoms with E-state index in [9.17, 15) is 4.79 Å². The molecule has 1 aromatic carbocycles. The number of hydrogen-bond donors (Lipinski definition) is 1. The molecule has 0 spiro atoms. The molecule has 0 radical (unpaired) electrons. The van der Waals surface area contributed by atoms with Crippen LogP contribution in [0.4, 0.5) is 0 Å². The highest BCUT2D eigenvalue weighted by atomic mass is 16.5. The zero-order valence-electron chi connectivity index (χ0n) is 13.4. The van der Waals surface area contributed by atoms with Crippen LogP contribution in [0.5, 0.6) is 11.5 Å². The number of amides is 1. The normalized spacial score (nSPS) is 11.1. The lowest BCUT2D eigenvalue weighted by Crippen LogP contribution is -2.20. The fourth-order valence-corrected chi connectivity index (χ4v) is 2.35. The fourth-order valence-electron chi connectivity index (χ4n) is 2.35. The van der Waals surface area contributed by atoms with Crippen LogP contribution in [-0.2, 0) is 11.5 Å². The van der Waals surface area contributed by atoms with Crippen LogP contribution < -0.4 is 15.2 Å². The summed E-state index contributed by atoms with van der Waals surface area (Å²) in [7, 11) is 1.59. The van der Waals surface area contributed by atoms with Gasteiger partial charge in [0.05, 0.1) is 18.7 Å². The van der Waals surface area contributed by atoms with Crippen LogP contribution in [0.15, 0.2) is 18.2 Å². The van der Waals surface area contributed by atoms with Crippen molar-refractivity contribution in [3.63, 3.8) is 0 Å². The Morgan fingerprint density at radius 1 is 1.36 bits per heavy atom. The molecule has 0 aliphatic rings. The SMILES string of the molecule is CCOCn1c(C(N)=O)c(OC(C)C)c2cc(OC)ccc21. The summed E-state index contributed by atoms with van der Waals surface area (Å²) in [5.41, 5.74) is 6.70. The standard InChI is InChI=1S/C16H22N2O4/c1-5-21-9-18-13-7-6-11(20-4)8-12(13)15(22-10(2)3)14(18)16(17)19/h6-8,10H,5,9H2,1-4H3,(H2,17,19). The Kier molecular flexibility index (Phi) is 4.92. The number of carbonyl (C=O) groups is 1. The van der Waals surface area contributed by atoms with E-state index in [2.05, 4.69) is 0 Å². The average molecular weight is 306 g/mol. The van der Waals surface area contributed by atoms with Crippen molar-refractivity contribution < 1.29 is 19.0 Å². The molecule has 0 aliphatic heterocycles. The summed E-state index contributed by atoms with van der Waals surface area (Å²) in [6.07, 6.45) is -0.0876. The Morgan fingerprint density at radius 2 is 2.09 bits per heavy atom. The zero-order valence-corrected chi connectivity index (χ0v) is 13.4. The summed E-state index contributed by atoms with van der Waals surface area (Å²) in [5.74, 6) is 0.604.